The molecule has 0 spiro atoms. The van der Waals surface area contributed by atoms with Crippen LogP contribution in [0, 0.1) is 11.8 Å². The Kier molecular flexibility index (Phi) is 4.79. The SMILES string of the molecule is C1CCC2CCCCC2C1.[Ca]. The molecular weight excluding hydrogens is 160 g/mol. The zero-order chi connectivity index (χ0) is 6.81. The quantitative estimate of drug-likeness (QED) is 0.500. The van der Waals surface area contributed by atoms with Crippen molar-refractivity contribution in [3.8, 4) is 0 Å². The number of rotatable bonds is 0. The minimum absolute atomic E-state index is 0. The minimum atomic E-state index is 0. The van der Waals surface area contributed by atoms with Gasteiger partial charge in [0.1, 0.15) is 0 Å². The van der Waals surface area contributed by atoms with Crippen molar-refractivity contribution in [3.63, 3.8) is 0 Å². The van der Waals surface area contributed by atoms with Crippen molar-refractivity contribution in [2.24, 2.45) is 11.8 Å². The van der Waals surface area contributed by atoms with E-state index in [0.29, 0.717) is 0 Å². The maximum absolute atomic E-state index is 1.56. The van der Waals surface area contributed by atoms with Gasteiger partial charge in [-0.15, -0.1) is 0 Å². The van der Waals surface area contributed by atoms with Crippen LogP contribution in [0.15, 0.2) is 0 Å². The summed E-state index contributed by atoms with van der Waals surface area (Å²) in [6.45, 7) is 0. The molecule has 0 amide bonds. The Morgan fingerprint density at radius 1 is 0.545 bits per heavy atom. The van der Waals surface area contributed by atoms with E-state index in [4.69, 9.17) is 0 Å². The summed E-state index contributed by atoms with van der Waals surface area (Å²) in [6, 6.07) is 0. The summed E-state index contributed by atoms with van der Waals surface area (Å²) in [4.78, 5) is 0. The van der Waals surface area contributed by atoms with Gasteiger partial charge in [-0.3, -0.25) is 0 Å². The molecule has 0 N–H and O–H groups in total. The zero-order valence-electron chi connectivity index (χ0n) is 7.52. The third-order valence-corrected chi connectivity index (χ3v) is 3.47. The van der Waals surface area contributed by atoms with E-state index < -0.39 is 0 Å². The first kappa shape index (κ1) is 10.3. The molecule has 60 valence electrons. The molecule has 0 nitrogen and oxygen atoms in total. The van der Waals surface area contributed by atoms with Crippen LogP contribution in [0.5, 0.6) is 0 Å². The fourth-order valence-corrected chi connectivity index (χ4v) is 2.86. The molecule has 0 bridgehead atoms. The first-order chi connectivity index (χ1) is 4.97. The van der Waals surface area contributed by atoms with Crippen LogP contribution >= 0.6 is 0 Å². The first-order valence-electron chi connectivity index (χ1n) is 4.97. The first-order valence-corrected chi connectivity index (χ1v) is 4.97. The predicted molar refractivity (Wildman–Crippen MR) is 49.7 cm³/mol. The maximum Gasteiger partial charge on any atom is 0 e. The Morgan fingerprint density at radius 3 is 1.09 bits per heavy atom. The van der Waals surface area contributed by atoms with Crippen molar-refractivity contribution >= 4 is 37.7 Å². The van der Waals surface area contributed by atoms with Gasteiger partial charge in [0.25, 0.3) is 0 Å². The van der Waals surface area contributed by atoms with Gasteiger partial charge < -0.3 is 0 Å². The second kappa shape index (κ2) is 5.09. The summed E-state index contributed by atoms with van der Waals surface area (Å²) >= 11 is 0. The summed E-state index contributed by atoms with van der Waals surface area (Å²) < 4.78 is 0. The van der Waals surface area contributed by atoms with Crippen LogP contribution in [0.3, 0.4) is 0 Å². The minimum Gasteiger partial charge on any atom is -0.0530 e. The number of fused-ring (bicyclic) bond motifs is 1. The average Bonchev–Trinajstić information content (AvgIpc) is 2.05. The van der Waals surface area contributed by atoms with Gasteiger partial charge in [-0.2, -0.15) is 0 Å². The molecule has 1 heteroatoms. The van der Waals surface area contributed by atoms with Crippen molar-refractivity contribution in [1.29, 1.82) is 0 Å². The molecule has 0 unspecified atom stereocenters. The Morgan fingerprint density at radius 2 is 0.818 bits per heavy atom. The van der Waals surface area contributed by atoms with Crippen LogP contribution < -0.4 is 0 Å². The molecule has 11 heavy (non-hydrogen) atoms. The third kappa shape index (κ3) is 2.60. The molecule has 0 saturated heterocycles. The van der Waals surface area contributed by atoms with Crippen molar-refractivity contribution in [3.05, 3.63) is 0 Å². The molecule has 2 radical (unpaired) electrons. The van der Waals surface area contributed by atoms with Crippen molar-refractivity contribution in [2.75, 3.05) is 0 Å². The topological polar surface area (TPSA) is 0 Å². The third-order valence-electron chi connectivity index (χ3n) is 3.47. The van der Waals surface area contributed by atoms with E-state index in [9.17, 15) is 0 Å². The molecule has 0 aromatic heterocycles. The van der Waals surface area contributed by atoms with Gasteiger partial charge in [0, 0.05) is 37.7 Å². The van der Waals surface area contributed by atoms with E-state index in [1.54, 1.807) is 25.7 Å². The second-order valence-corrected chi connectivity index (χ2v) is 4.09. The van der Waals surface area contributed by atoms with Crippen LogP contribution in [-0.4, -0.2) is 37.7 Å². The number of hydrogen-bond acceptors (Lipinski definition) is 0. The Bertz CT molecular complexity index is 85.4. The van der Waals surface area contributed by atoms with Crippen LogP contribution in [0.1, 0.15) is 51.4 Å². The normalized spacial score (nSPS) is 37.1. The van der Waals surface area contributed by atoms with E-state index in [1.807, 2.05) is 0 Å². The van der Waals surface area contributed by atoms with Crippen molar-refractivity contribution < 1.29 is 0 Å². The van der Waals surface area contributed by atoms with Gasteiger partial charge >= 0.3 is 0 Å². The zero-order valence-corrected chi connectivity index (χ0v) is 9.73. The standard InChI is InChI=1S/C10H18.Ca/c1-2-6-10-8-4-3-7-9(10)5-1;/h9-10H,1-8H2;. The van der Waals surface area contributed by atoms with Gasteiger partial charge in [0.05, 0.1) is 0 Å². The maximum atomic E-state index is 1.56. The molecule has 2 aliphatic carbocycles. The van der Waals surface area contributed by atoms with Crippen molar-refractivity contribution in [2.45, 2.75) is 51.4 Å². The van der Waals surface area contributed by atoms with E-state index in [2.05, 4.69) is 0 Å². The summed E-state index contributed by atoms with van der Waals surface area (Å²) in [7, 11) is 0. The average molecular weight is 178 g/mol. The van der Waals surface area contributed by atoms with Crippen LogP contribution in [0.2, 0.25) is 0 Å². The molecular formula is C10H18Ca. The molecule has 0 aromatic carbocycles. The molecule has 2 rings (SSSR count). The Hall–Kier alpha value is 1.26. The molecule has 0 heterocycles. The van der Waals surface area contributed by atoms with Gasteiger partial charge in [0.15, 0.2) is 0 Å². The molecule has 0 aromatic rings. The molecule has 0 aliphatic heterocycles. The van der Waals surface area contributed by atoms with Crippen LogP contribution in [-0.2, 0) is 0 Å². The van der Waals surface area contributed by atoms with E-state index in [0.717, 1.165) is 11.8 Å². The summed E-state index contributed by atoms with van der Waals surface area (Å²) in [6.07, 6.45) is 12.4. The Balaban J connectivity index is 0.000000605. The van der Waals surface area contributed by atoms with E-state index in [-0.39, 0.29) is 37.7 Å². The van der Waals surface area contributed by atoms with Crippen molar-refractivity contribution in [1.82, 2.24) is 0 Å². The summed E-state index contributed by atoms with van der Waals surface area (Å²) in [5, 5.41) is 0. The predicted octanol–water partition coefficient (Wildman–Crippen LogP) is 2.99. The van der Waals surface area contributed by atoms with Gasteiger partial charge in [-0.25, -0.2) is 0 Å². The largest absolute Gasteiger partial charge is 0.0530 e. The fourth-order valence-electron chi connectivity index (χ4n) is 2.86. The van der Waals surface area contributed by atoms with Gasteiger partial charge in [0.2, 0.25) is 0 Å². The Labute approximate surface area is 100 Å². The summed E-state index contributed by atoms with van der Waals surface area (Å²) in [5.74, 6) is 2.31. The second-order valence-electron chi connectivity index (χ2n) is 4.09. The van der Waals surface area contributed by atoms with Crippen LogP contribution in [0.25, 0.3) is 0 Å². The van der Waals surface area contributed by atoms with Crippen LogP contribution in [0.4, 0.5) is 0 Å². The molecule has 0 atom stereocenters. The van der Waals surface area contributed by atoms with E-state index >= 15 is 0 Å². The van der Waals surface area contributed by atoms with E-state index in [1.165, 1.54) is 25.7 Å². The van der Waals surface area contributed by atoms with Gasteiger partial charge in [-0.1, -0.05) is 51.4 Å². The van der Waals surface area contributed by atoms with Gasteiger partial charge in [-0.05, 0) is 11.8 Å². The monoisotopic (exact) mass is 178 g/mol. The fraction of sp³-hybridized carbons (Fsp3) is 1.00. The molecule has 2 fully saturated rings. The summed E-state index contributed by atoms with van der Waals surface area (Å²) in [5.41, 5.74) is 0. The molecule has 2 saturated carbocycles. The number of hydrogen-bond donors (Lipinski definition) is 0. The molecule has 2 aliphatic rings. The smallest absolute Gasteiger partial charge is 0 e.